The molecule has 0 aliphatic heterocycles. The quantitative estimate of drug-likeness (QED) is 0.201. The maximum Gasteiger partial charge on any atom is 0.0936 e. The molecule has 196 valence electrons. The number of pyridine rings is 2. The van der Waals surface area contributed by atoms with E-state index in [-0.39, 0.29) is 0 Å². The normalized spacial score (nSPS) is 10.3. The van der Waals surface area contributed by atoms with E-state index in [2.05, 4.69) is 120 Å². The van der Waals surface area contributed by atoms with E-state index in [0.29, 0.717) is 0 Å². The Kier molecular flexibility index (Phi) is 9.29. The highest BCUT2D eigenvalue weighted by Gasteiger charge is 2.03. The number of halogens is 1. The lowest BCUT2D eigenvalue weighted by molar-refractivity contribution is 1.37. The number of hydrogen-bond donors (Lipinski definition) is 2. The minimum atomic E-state index is 0.739. The summed E-state index contributed by atoms with van der Waals surface area (Å²) in [5, 5.41) is 5.71. The minimum Gasteiger partial charge on any atom is -0.397 e. The highest BCUT2D eigenvalue weighted by Crippen LogP contribution is 2.25. The Labute approximate surface area is 239 Å². The Morgan fingerprint density at radius 1 is 0.590 bits per heavy atom. The SMILES string of the molecule is Cc1cc(C)cc(Br)c1.Cc1cc(C)cc(Nc2cccc3cccnc23)c1.Nc1cccc2cccnc12. The van der Waals surface area contributed by atoms with Gasteiger partial charge in [0, 0.05) is 33.3 Å². The summed E-state index contributed by atoms with van der Waals surface area (Å²) in [7, 11) is 0. The van der Waals surface area contributed by atoms with Crippen molar-refractivity contribution in [3.63, 3.8) is 0 Å². The first-order chi connectivity index (χ1) is 18.8. The van der Waals surface area contributed by atoms with Crippen LogP contribution in [0.15, 0.2) is 114 Å². The van der Waals surface area contributed by atoms with Crippen LogP contribution in [0.5, 0.6) is 0 Å². The first kappa shape index (κ1) is 27.8. The maximum atomic E-state index is 5.69. The molecule has 4 aromatic carbocycles. The zero-order chi connectivity index (χ0) is 27.8. The smallest absolute Gasteiger partial charge is 0.0936 e. The van der Waals surface area contributed by atoms with Gasteiger partial charge < -0.3 is 11.1 Å². The Morgan fingerprint density at radius 3 is 1.64 bits per heavy atom. The fourth-order valence-electron chi connectivity index (χ4n) is 4.45. The Hall–Kier alpha value is -4.22. The van der Waals surface area contributed by atoms with Crippen molar-refractivity contribution >= 4 is 54.8 Å². The predicted octanol–water partition coefficient (Wildman–Crippen LogP) is 9.48. The van der Waals surface area contributed by atoms with Gasteiger partial charge in [-0.2, -0.15) is 0 Å². The molecule has 0 aliphatic rings. The molecule has 39 heavy (non-hydrogen) atoms. The average Bonchev–Trinajstić information content (AvgIpc) is 2.89. The van der Waals surface area contributed by atoms with Crippen molar-refractivity contribution in [2.75, 3.05) is 11.1 Å². The number of nitrogens with one attached hydrogen (secondary N) is 1. The fourth-order valence-corrected chi connectivity index (χ4v) is 5.18. The second kappa shape index (κ2) is 13.0. The third-order valence-electron chi connectivity index (χ3n) is 5.98. The van der Waals surface area contributed by atoms with E-state index in [0.717, 1.165) is 38.9 Å². The second-order valence-corrected chi connectivity index (χ2v) is 10.5. The van der Waals surface area contributed by atoms with Gasteiger partial charge in [-0.15, -0.1) is 0 Å². The number of aryl methyl sites for hydroxylation is 4. The second-order valence-electron chi connectivity index (χ2n) is 9.61. The number of rotatable bonds is 2. The van der Waals surface area contributed by atoms with E-state index in [4.69, 9.17) is 5.73 Å². The van der Waals surface area contributed by atoms with Gasteiger partial charge in [-0.1, -0.05) is 64.5 Å². The summed E-state index contributed by atoms with van der Waals surface area (Å²) in [5.74, 6) is 0. The first-order valence-corrected chi connectivity index (χ1v) is 13.6. The van der Waals surface area contributed by atoms with Crippen LogP contribution in [0.4, 0.5) is 17.1 Å². The molecule has 6 aromatic rings. The molecule has 0 fully saturated rings. The summed E-state index contributed by atoms with van der Waals surface area (Å²) >= 11 is 3.41. The molecule has 0 aliphatic carbocycles. The van der Waals surface area contributed by atoms with Crippen molar-refractivity contribution in [2.24, 2.45) is 0 Å². The van der Waals surface area contributed by atoms with Gasteiger partial charge in [-0.05, 0) is 98.5 Å². The molecule has 0 spiro atoms. The Balaban J connectivity index is 0.000000149. The van der Waals surface area contributed by atoms with E-state index < -0.39 is 0 Å². The van der Waals surface area contributed by atoms with Gasteiger partial charge in [0.15, 0.2) is 0 Å². The monoisotopic (exact) mass is 576 g/mol. The van der Waals surface area contributed by atoms with Gasteiger partial charge in [0.05, 0.1) is 22.4 Å². The number of nitrogens with zero attached hydrogens (tertiary/aromatic N) is 2. The van der Waals surface area contributed by atoms with E-state index in [1.54, 1.807) is 6.20 Å². The summed E-state index contributed by atoms with van der Waals surface area (Å²) in [6.45, 7) is 8.41. The number of hydrogen-bond acceptors (Lipinski definition) is 4. The number of benzene rings is 4. The molecule has 0 amide bonds. The van der Waals surface area contributed by atoms with Crippen LogP contribution in [-0.2, 0) is 0 Å². The summed E-state index contributed by atoms with van der Waals surface area (Å²) in [6, 6.07) is 32.8. The van der Waals surface area contributed by atoms with Crippen molar-refractivity contribution in [1.29, 1.82) is 0 Å². The van der Waals surface area contributed by atoms with Crippen molar-refractivity contribution < 1.29 is 0 Å². The lowest BCUT2D eigenvalue weighted by atomic mass is 10.1. The third kappa shape index (κ3) is 7.88. The number of fused-ring (bicyclic) bond motifs is 2. The number of nitrogens with two attached hydrogens (primary N) is 1. The highest BCUT2D eigenvalue weighted by molar-refractivity contribution is 9.10. The van der Waals surface area contributed by atoms with Crippen molar-refractivity contribution in [1.82, 2.24) is 9.97 Å². The Bertz CT molecular complexity index is 1630. The molecule has 0 saturated carbocycles. The van der Waals surface area contributed by atoms with Gasteiger partial charge in [0.2, 0.25) is 0 Å². The molecule has 2 heterocycles. The first-order valence-electron chi connectivity index (χ1n) is 12.8. The van der Waals surface area contributed by atoms with Gasteiger partial charge in [0.25, 0.3) is 0 Å². The molecule has 2 aromatic heterocycles. The molecule has 0 bridgehead atoms. The molecular weight excluding hydrogens is 544 g/mol. The van der Waals surface area contributed by atoms with Crippen LogP contribution < -0.4 is 11.1 Å². The van der Waals surface area contributed by atoms with Gasteiger partial charge in [0.1, 0.15) is 0 Å². The van der Waals surface area contributed by atoms with Gasteiger partial charge >= 0.3 is 0 Å². The summed E-state index contributed by atoms with van der Waals surface area (Å²) in [4.78, 5) is 8.62. The van der Waals surface area contributed by atoms with Gasteiger partial charge in [-0.25, -0.2) is 0 Å². The standard InChI is InChI=1S/C17H16N2.C9H8N2.C8H9Br/c1-12-9-13(2)11-15(10-12)19-16-7-3-5-14-6-4-8-18-17(14)16;10-8-5-1-3-7-4-2-6-11-9(7)8;1-6-3-7(2)5-8(9)4-6/h3-11,19H,1-2H3;1-6H,10H2;3-5H,1-2H3. The lowest BCUT2D eigenvalue weighted by Gasteiger charge is -2.10. The molecule has 4 nitrogen and oxygen atoms in total. The molecule has 0 saturated heterocycles. The van der Waals surface area contributed by atoms with Crippen LogP contribution in [-0.4, -0.2) is 9.97 Å². The average molecular weight is 578 g/mol. The molecule has 5 heteroatoms. The van der Waals surface area contributed by atoms with Crippen LogP contribution in [0.3, 0.4) is 0 Å². The zero-order valence-electron chi connectivity index (χ0n) is 22.7. The fraction of sp³-hybridized carbons (Fsp3) is 0.118. The molecule has 0 unspecified atom stereocenters. The topological polar surface area (TPSA) is 63.8 Å². The largest absolute Gasteiger partial charge is 0.397 e. The molecule has 6 rings (SSSR count). The van der Waals surface area contributed by atoms with Crippen molar-refractivity contribution in [2.45, 2.75) is 27.7 Å². The van der Waals surface area contributed by atoms with Gasteiger partial charge in [-0.3, -0.25) is 9.97 Å². The van der Waals surface area contributed by atoms with Crippen LogP contribution >= 0.6 is 15.9 Å². The molecule has 3 N–H and O–H groups in total. The Morgan fingerprint density at radius 2 is 1.08 bits per heavy atom. The number of anilines is 3. The minimum absolute atomic E-state index is 0.739. The molecular formula is C34H33BrN4. The van der Waals surface area contributed by atoms with E-state index in [1.165, 1.54) is 26.7 Å². The van der Waals surface area contributed by atoms with E-state index in [9.17, 15) is 0 Å². The van der Waals surface area contributed by atoms with Crippen molar-refractivity contribution in [3.05, 3.63) is 136 Å². The molecule has 0 atom stereocenters. The summed E-state index contributed by atoms with van der Waals surface area (Å²) in [5.41, 5.74) is 15.6. The van der Waals surface area contributed by atoms with Crippen molar-refractivity contribution in [3.8, 4) is 0 Å². The van der Waals surface area contributed by atoms with E-state index >= 15 is 0 Å². The predicted molar refractivity (Wildman–Crippen MR) is 171 cm³/mol. The van der Waals surface area contributed by atoms with Crippen LogP contribution in [0, 0.1) is 27.7 Å². The lowest BCUT2D eigenvalue weighted by Crippen LogP contribution is -1.94. The highest BCUT2D eigenvalue weighted by atomic mass is 79.9. The summed E-state index contributed by atoms with van der Waals surface area (Å²) < 4.78 is 1.17. The number of para-hydroxylation sites is 2. The molecule has 0 radical (unpaired) electrons. The maximum absolute atomic E-state index is 5.69. The van der Waals surface area contributed by atoms with E-state index in [1.807, 2.05) is 42.6 Å². The zero-order valence-corrected chi connectivity index (χ0v) is 24.3. The number of nitrogen functional groups attached to an aromatic ring is 1. The third-order valence-corrected chi connectivity index (χ3v) is 6.44. The van der Waals surface area contributed by atoms with Crippen LogP contribution in [0.1, 0.15) is 22.3 Å². The summed E-state index contributed by atoms with van der Waals surface area (Å²) in [6.07, 6.45) is 3.58. The number of aromatic nitrogens is 2. The van der Waals surface area contributed by atoms with Crippen LogP contribution in [0.2, 0.25) is 0 Å². The van der Waals surface area contributed by atoms with Crippen LogP contribution in [0.25, 0.3) is 21.8 Å².